The van der Waals surface area contributed by atoms with Crippen molar-refractivity contribution in [2.75, 3.05) is 0 Å². The van der Waals surface area contributed by atoms with E-state index < -0.39 is 17.4 Å². The van der Waals surface area contributed by atoms with E-state index in [1.54, 1.807) is 6.07 Å². The Morgan fingerprint density at radius 1 is 1.13 bits per heavy atom. The van der Waals surface area contributed by atoms with Gasteiger partial charge >= 0.3 is 0 Å². The van der Waals surface area contributed by atoms with Crippen LogP contribution in [0.4, 0.5) is 4.39 Å². The fourth-order valence-corrected chi connectivity index (χ4v) is 2.81. The van der Waals surface area contributed by atoms with Crippen molar-refractivity contribution in [1.82, 2.24) is 0 Å². The van der Waals surface area contributed by atoms with Gasteiger partial charge in [0.1, 0.15) is 0 Å². The zero-order chi connectivity index (χ0) is 11.2. The van der Waals surface area contributed by atoms with E-state index in [0.29, 0.717) is 15.0 Å². The maximum absolute atomic E-state index is 13.0. The first-order chi connectivity index (χ1) is 7.00. The molecule has 0 spiro atoms. The first kappa shape index (κ1) is 10.7. The summed E-state index contributed by atoms with van der Waals surface area (Å²) < 4.78 is 14.1. The van der Waals surface area contributed by atoms with Crippen LogP contribution in [0.25, 0.3) is 0 Å². The Labute approximate surface area is 101 Å². The van der Waals surface area contributed by atoms with Crippen molar-refractivity contribution < 1.29 is 14.0 Å². The molecular formula is C10H3Br2FO2. The van der Waals surface area contributed by atoms with Gasteiger partial charge in [-0.1, -0.05) is 15.9 Å². The molecule has 0 heterocycles. The summed E-state index contributed by atoms with van der Waals surface area (Å²) in [6.07, 6.45) is 0.712. The minimum Gasteiger partial charge on any atom is -0.289 e. The van der Waals surface area contributed by atoms with Crippen molar-refractivity contribution in [3.05, 3.63) is 44.1 Å². The van der Waals surface area contributed by atoms with Gasteiger partial charge in [-0.25, -0.2) is 4.39 Å². The second-order valence-electron chi connectivity index (χ2n) is 3.00. The summed E-state index contributed by atoms with van der Waals surface area (Å²) in [4.78, 5) is 22.9. The molecule has 0 unspecified atom stereocenters. The maximum atomic E-state index is 13.0. The largest absolute Gasteiger partial charge is 0.289 e. The first-order valence-electron chi connectivity index (χ1n) is 3.96. The minimum absolute atomic E-state index is 0.0845. The lowest BCUT2D eigenvalue weighted by atomic mass is 9.94. The van der Waals surface area contributed by atoms with Gasteiger partial charge < -0.3 is 0 Å². The quantitative estimate of drug-likeness (QED) is 0.728. The van der Waals surface area contributed by atoms with Gasteiger partial charge in [-0.3, -0.25) is 9.59 Å². The number of carbonyl (C=O) groups is 2. The second-order valence-corrected chi connectivity index (χ2v) is 4.77. The van der Waals surface area contributed by atoms with Gasteiger partial charge in [-0.2, -0.15) is 0 Å². The Bertz CT molecular complexity index is 520. The highest BCUT2D eigenvalue weighted by molar-refractivity contribution is 9.11. The summed E-state index contributed by atoms with van der Waals surface area (Å²) in [5.41, 5.74) is 0.297. The van der Waals surface area contributed by atoms with Crippen LogP contribution < -0.4 is 0 Å². The Hall–Kier alpha value is -0.810. The molecule has 0 aliphatic heterocycles. The number of rotatable bonds is 0. The van der Waals surface area contributed by atoms with Crippen LogP contribution >= 0.6 is 31.9 Å². The minimum atomic E-state index is -1.02. The van der Waals surface area contributed by atoms with E-state index in [4.69, 9.17) is 0 Å². The van der Waals surface area contributed by atoms with E-state index >= 15 is 0 Å². The Kier molecular flexibility index (Phi) is 2.60. The van der Waals surface area contributed by atoms with Crippen molar-refractivity contribution in [2.45, 2.75) is 0 Å². The molecule has 0 radical (unpaired) electrons. The summed E-state index contributed by atoms with van der Waals surface area (Å²) in [6.45, 7) is 0. The topological polar surface area (TPSA) is 34.1 Å². The average Bonchev–Trinajstić information content (AvgIpc) is 2.12. The summed E-state index contributed by atoms with van der Waals surface area (Å²) in [6, 6.07) is 3.08. The first-order valence-corrected chi connectivity index (χ1v) is 5.54. The fourth-order valence-electron chi connectivity index (χ4n) is 1.38. The predicted molar refractivity (Wildman–Crippen MR) is 59.7 cm³/mol. The normalized spacial score (nSPS) is 15.0. The highest BCUT2D eigenvalue weighted by atomic mass is 79.9. The van der Waals surface area contributed by atoms with E-state index in [2.05, 4.69) is 31.9 Å². The number of allylic oxidation sites excluding steroid dienone is 2. The SMILES string of the molecule is O=C1C(F)=CC(=O)c2c(Br)cc(Br)cc21. The molecule has 0 amide bonds. The van der Waals surface area contributed by atoms with Crippen LogP contribution in [0.5, 0.6) is 0 Å². The molecule has 0 aromatic heterocycles. The van der Waals surface area contributed by atoms with Gasteiger partial charge in [0, 0.05) is 26.1 Å². The highest BCUT2D eigenvalue weighted by Crippen LogP contribution is 2.31. The summed E-state index contributed by atoms with van der Waals surface area (Å²) in [5.74, 6) is -2.27. The number of benzene rings is 1. The zero-order valence-corrected chi connectivity index (χ0v) is 10.4. The number of fused-ring (bicyclic) bond motifs is 1. The van der Waals surface area contributed by atoms with Gasteiger partial charge in [0.2, 0.25) is 5.78 Å². The number of Topliss-reactive ketones (excluding diaryl/α,β-unsaturated/α-hetero) is 1. The van der Waals surface area contributed by atoms with Gasteiger partial charge in [-0.15, -0.1) is 0 Å². The van der Waals surface area contributed by atoms with Crippen molar-refractivity contribution in [1.29, 1.82) is 0 Å². The second kappa shape index (κ2) is 3.64. The van der Waals surface area contributed by atoms with Crippen LogP contribution in [-0.2, 0) is 0 Å². The number of ketones is 2. The number of carbonyl (C=O) groups excluding carboxylic acids is 2. The molecule has 0 saturated heterocycles. The molecule has 0 bridgehead atoms. The summed E-state index contributed by atoms with van der Waals surface area (Å²) >= 11 is 6.34. The number of halogens is 3. The molecule has 1 aliphatic carbocycles. The predicted octanol–water partition coefficient (Wildman–Crippen LogP) is 3.44. The Balaban J connectivity index is 2.78. The molecule has 1 aromatic rings. The molecule has 1 aromatic carbocycles. The molecule has 15 heavy (non-hydrogen) atoms. The molecule has 2 rings (SSSR count). The lowest BCUT2D eigenvalue weighted by Crippen LogP contribution is -2.15. The lowest BCUT2D eigenvalue weighted by Gasteiger charge is -2.12. The van der Waals surface area contributed by atoms with Gasteiger partial charge in [0.15, 0.2) is 11.6 Å². The van der Waals surface area contributed by atoms with E-state index in [-0.39, 0.29) is 11.1 Å². The molecule has 0 saturated carbocycles. The van der Waals surface area contributed by atoms with Crippen molar-refractivity contribution >= 4 is 43.4 Å². The molecule has 5 heteroatoms. The van der Waals surface area contributed by atoms with Crippen LogP contribution in [-0.4, -0.2) is 11.6 Å². The fraction of sp³-hybridized carbons (Fsp3) is 0. The third kappa shape index (κ3) is 1.70. The lowest BCUT2D eigenvalue weighted by molar-refractivity contribution is 0.0962. The molecule has 0 N–H and O–H groups in total. The standard InChI is InChI=1S/C10H3Br2FO2/c11-4-1-5-9(6(12)2-4)8(14)3-7(13)10(5)15/h1-3H. The van der Waals surface area contributed by atoms with Crippen LogP contribution in [0.2, 0.25) is 0 Å². The molecule has 0 fully saturated rings. The van der Waals surface area contributed by atoms with Crippen LogP contribution in [0, 0.1) is 0 Å². The summed E-state index contributed by atoms with van der Waals surface area (Å²) in [7, 11) is 0. The van der Waals surface area contributed by atoms with Gasteiger partial charge in [-0.05, 0) is 28.1 Å². The summed E-state index contributed by atoms with van der Waals surface area (Å²) in [5, 5.41) is 0. The maximum Gasteiger partial charge on any atom is 0.222 e. The van der Waals surface area contributed by atoms with E-state index in [1.807, 2.05) is 0 Å². The zero-order valence-electron chi connectivity index (χ0n) is 7.18. The van der Waals surface area contributed by atoms with Crippen molar-refractivity contribution in [3.8, 4) is 0 Å². The average molecular weight is 334 g/mol. The molecule has 0 atom stereocenters. The van der Waals surface area contributed by atoms with Gasteiger partial charge in [0.05, 0.1) is 0 Å². The number of hydrogen-bond acceptors (Lipinski definition) is 2. The van der Waals surface area contributed by atoms with E-state index in [0.717, 1.165) is 0 Å². The third-order valence-corrected chi connectivity index (χ3v) is 3.10. The Morgan fingerprint density at radius 3 is 2.47 bits per heavy atom. The Morgan fingerprint density at radius 2 is 1.80 bits per heavy atom. The highest BCUT2D eigenvalue weighted by Gasteiger charge is 2.27. The molecule has 76 valence electrons. The third-order valence-electron chi connectivity index (χ3n) is 2.02. The molecular weight excluding hydrogens is 331 g/mol. The molecule has 2 nitrogen and oxygen atoms in total. The smallest absolute Gasteiger partial charge is 0.222 e. The number of hydrogen-bond donors (Lipinski definition) is 0. The van der Waals surface area contributed by atoms with E-state index in [1.165, 1.54) is 6.07 Å². The molecule has 1 aliphatic rings. The van der Waals surface area contributed by atoms with Crippen LogP contribution in [0.15, 0.2) is 33.0 Å². The van der Waals surface area contributed by atoms with Crippen LogP contribution in [0.3, 0.4) is 0 Å². The van der Waals surface area contributed by atoms with Gasteiger partial charge in [0.25, 0.3) is 0 Å². The van der Waals surface area contributed by atoms with Crippen molar-refractivity contribution in [3.63, 3.8) is 0 Å². The van der Waals surface area contributed by atoms with Crippen LogP contribution in [0.1, 0.15) is 20.7 Å². The monoisotopic (exact) mass is 332 g/mol. The van der Waals surface area contributed by atoms with Crippen molar-refractivity contribution in [2.24, 2.45) is 0 Å². The van der Waals surface area contributed by atoms with E-state index in [9.17, 15) is 14.0 Å².